The van der Waals surface area contributed by atoms with Crippen LogP contribution in [0.3, 0.4) is 0 Å². The first-order valence-electron chi connectivity index (χ1n) is 10.2. The SMILES string of the molecule is CC(C)c1cc(C(=O)OCC(=O)Nc2ccc(OC(F)(F)F)cc2)c2cnn(C(C)C)c2n1. The minimum absolute atomic E-state index is 0.0278. The van der Waals surface area contributed by atoms with E-state index in [4.69, 9.17) is 4.74 Å². The molecule has 2 heterocycles. The minimum Gasteiger partial charge on any atom is -0.452 e. The fourth-order valence-corrected chi connectivity index (χ4v) is 3.03. The predicted molar refractivity (Wildman–Crippen MR) is 114 cm³/mol. The number of nitrogens with zero attached hydrogens (tertiary/aromatic N) is 3. The summed E-state index contributed by atoms with van der Waals surface area (Å²) >= 11 is 0. The summed E-state index contributed by atoms with van der Waals surface area (Å²) in [5.41, 5.74) is 1.70. The Morgan fingerprint density at radius 2 is 1.79 bits per heavy atom. The van der Waals surface area contributed by atoms with E-state index in [1.54, 1.807) is 10.7 Å². The van der Waals surface area contributed by atoms with Crippen LogP contribution in [0.4, 0.5) is 18.9 Å². The number of rotatable bonds is 7. The number of pyridine rings is 1. The van der Waals surface area contributed by atoms with Crippen LogP contribution in [-0.4, -0.2) is 39.6 Å². The third kappa shape index (κ3) is 5.99. The zero-order chi connectivity index (χ0) is 24.3. The quantitative estimate of drug-likeness (QED) is 0.504. The molecule has 0 fully saturated rings. The van der Waals surface area contributed by atoms with Gasteiger partial charge in [-0.3, -0.25) is 4.79 Å². The monoisotopic (exact) mass is 464 g/mol. The second-order valence-electron chi connectivity index (χ2n) is 7.87. The van der Waals surface area contributed by atoms with Gasteiger partial charge in [0.25, 0.3) is 5.91 Å². The number of hydrogen-bond donors (Lipinski definition) is 1. The van der Waals surface area contributed by atoms with Gasteiger partial charge >= 0.3 is 12.3 Å². The zero-order valence-electron chi connectivity index (χ0n) is 18.4. The molecule has 0 bridgehead atoms. The van der Waals surface area contributed by atoms with Gasteiger partial charge in [-0.05, 0) is 50.1 Å². The van der Waals surface area contributed by atoms with E-state index in [0.717, 1.165) is 12.1 Å². The number of halogens is 3. The Morgan fingerprint density at radius 3 is 2.36 bits per heavy atom. The van der Waals surface area contributed by atoms with Crippen molar-refractivity contribution in [1.29, 1.82) is 0 Å². The lowest BCUT2D eigenvalue weighted by atomic mass is 10.1. The molecular weight excluding hydrogens is 441 g/mol. The molecule has 8 nitrogen and oxygen atoms in total. The molecule has 3 rings (SSSR count). The van der Waals surface area contributed by atoms with E-state index in [9.17, 15) is 22.8 Å². The normalized spacial score (nSPS) is 11.8. The van der Waals surface area contributed by atoms with Gasteiger partial charge in [-0.1, -0.05) is 13.8 Å². The minimum atomic E-state index is -4.81. The van der Waals surface area contributed by atoms with Crippen molar-refractivity contribution in [3.8, 4) is 5.75 Å². The number of alkyl halides is 3. The Balaban J connectivity index is 1.69. The van der Waals surface area contributed by atoms with Crippen molar-refractivity contribution in [2.75, 3.05) is 11.9 Å². The predicted octanol–water partition coefficient (Wildman–Crippen LogP) is 4.83. The molecule has 0 saturated carbocycles. The van der Waals surface area contributed by atoms with Crippen LogP contribution in [0.5, 0.6) is 5.75 Å². The molecule has 1 amide bonds. The number of nitrogens with one attached hydrogen (secondary N) is 1. The van der Waals surface area contributed by atoms with Crippen molar-refractivity contribution < 1.29 is 32.2 Å². The first-order valence-corrected chi connectivity index (χ1v) is 10.2. The van der Waals surface area contributed by atoms with Crippen molar-refractivity contribution in [3.63, 3.8) is 0 Å². The highest BCUT2D eigenvalue weighted by atomic mass is 19.4. The molecule has 1 N–H and O–H groups in total. The van der Waals surface area contributed by atoms with Crippen molar-refractivity contribution >= 4 is 28.6 Å². The van der Waals surface area contributed by atoms with Crippen LogP contribution in [0.25, 0.3) is 11.0 Å². The van der Waals surface area contributed by atoms with Crippen LogP contribution in [0.1, 0.15) is 55.7 Å². The highest BCUT2D eigenvalue weighted by Gasteiger charge is 2.31. The van der Waals surface area contributed by atoms with Gasteiger partial charge in [0.15, 0.2) is 12.3 Å². The van der Waals surface area contributed by atoms with Gasteiger partial charge in [0.2, 0.25) is 0 Å². The number of hydrogen-bond acceptors (Lipinski definition) is 6. The number of ether oxygens (including phenoxy) is 2. The number of benzene rings is 1. The van der Waals surface area contributed by atoms with Crippen LogP contribution in [-0.2, 0) is 9.53 Å². The summed E-state index contributed by atoms with van der Waals surface area (Å²) in [5.74, 6) is -1.74. The Labute approximate surface area is 187 Å². The maximum absolute atomic E-state index is 12.8. The largest absolute Gasteiger partial charge is 0.573 e. The standard InChI is InChI=1S/C22H23F3N4O4/c1-12(2)18-9-16(17-10-26-29(13(3)4)20(17)28-18)21(31)32-11-19(30)27-14-5-7-15(8-6-14)33-22(23,24)25/h5-10,12-13H,11H2,1-4H3,(H,27,30). The van der Waals surface area contributed by atoms with Crippen LogP contribution in [0.2, 0.25) is 0 Å². The van der Waals surface area contributed by atoms with Crippen LogP contribution in [0.15, 0.2) is 36.5 Å². The molecule has 3 aromatic rings. The summed E-state index contributed by atoms with van der Waals surface area (Å²) in [6, 6.07) is 6.25. The van der Waals surface area contributed by atoms with Gasteiger partial charge in [0.1, 0.15) is 5.75 Å². The van der Waals surface area contributed by atoms with E-state index >= 15 is 0 Å². The highest BCUT2D eigenvalue weighted by molar-refractivity contribution is 6.03. The fourth-order valence-electron chi connectivity index (χ4n) is 3.03. The van der Waals surface area contributed by atoms with Gasteiger partial charge in [0, 0.05) is 17.4 Å². The van der Waals surface area contributed by atoms with E-state index in [1.165, 1.54) is 18.3 Å². The van der Waals surface area contributed by atoms with Gasteiger partial charge in [0.05, 0.1) is 17.1 Å². The molecule has 0 aliphatic heterocycles. The number of fused-ring (bicyclic) bond motifs is 1. The lowest BCUT2D eigenvalue weighted by Gasteiger charge is -2.12. The Kier molecular flexibility index (Phi) is 6.89. The number of carbonyl (C=O) groups excluding carboxylic acids is 2. The Bertz CT molecular complexity index is 1150. The molecule has 0 aliphatic rings. The molecule has 33 heavy (non-hydrogen) atoms. The van der Waals surface area contributed by atoms with Crippen molar-refractivity contribution in [2.24, 2.45) is 0 Å². The summed E-state index contributed by atoms with van der Waals surface area (Å²) in [7, 11) is 0. The maximum Gasteiger partial charge on any atom is 0.573 e. The lowest BCUT2D eigenvalue weighted by Crippen LogP contribution is -2.21. The lowest BCUT2D eigenvalue weighted by molar-refractivity contribution is -0.274. The van der Waals surface area contributed by atoms with E-state index in [1.807, 2.05) is 27.7 Å². The zero-order valence-corrected chi connectivity index (χ0v) is 18.4. The van der Waals surface area contributed by atoms with Gasteiger partial charge in [-0.15, -0.1) is 13.2 Å². The first kappa shape index (κ1) is 24.0. The molecule has 0 aliphatic carbocycles. The summed E-state index contributed by atoms with van der Waals surface area (Å²) in [5, 5.41) is 7.26. The maximum atomic E-state index is 12.8. The summed E-state index contributed by atoms with van der Waals surface area (Å²) in [6.07, 6.45) is -3.27. The van der Waals surface area contributed by atoms with E-state index in [2.05, 4.69) is 20.1 Å². The molecule has 0 atom stereocenters. The Hall–Kier alpha value is -3.63. The summed E-state index contributed by atoms with van der Waals surface area (Å²) < 4.78 is 47.3. The molecule has 0 unspecified atom stereocenters. The number of esters is 1. The number of carbonyl (C=O) groups is 2. The van der Waals surface area contributed by atoms with Crippen molar-refractivity contribution in [3.05, 3.63) is 47.8 Å². The highest BCUT2D eigenvalue weighted by Crippen LogP contribution is 2.26. The fraction of sp³-hybridized carbons (Fsp3) is 0.364. The number of aromatic nitrogens is 3. The first-order chi connectivity index (χ1) is 15.4. The molecule has 0 radical (unpaired) electrons. The second-order valence-corrected chi connectivity index (χ2v) is 7.87. The molecular formula is C22H23F3N4O4. The molecule has 11 heteroatoms. The third-order valence-electron chi connectivity index (χ3n) is 4.59. The third-order valence-corrected chi connectivity index (χ3v) is 4.59. The van der Waals surface area contributed by atoms with E-state index in [0.29, 0.717) is 16.7 Å². The van der Waals surface area contributed by atoms with Gasteiger partial charge < -0.3 is 14.8 Å². The average molecular weight is 464 g/mol. The second kappa shape index (κ2) is 9.47. The number of amides is 1. The van der Waals surface area contributed by atoms with E-state index < -0.39 is 30.6 Å². The van der Waals surface area contributed by atoms with Gasteiger partial charge in [-0.2, -0.15) is 5.10 Å². The number of anilines is 1. The molecule has 2 aromatic heterocycles. The van der Waals surface area contributed by atoms with Crippen molar-refractivity contribution in [2.45, 2.75) is 46.0 Å². The Morgan fingerprint density at radius 1 is 1.12 bits per heavy atom. The van der Waals surface area contributed by atoms with Crippen LogP contribution in [0, 0.1) is 0 Å². The summed E-state index contributed by atoms with van der Waals surface area (Å²) in [4.78, 5) is 29.5. The molecule has 176 valence electrons. The molecule has 1 aromatic carbocycles. The molecule has 0 saturated heterocycles. The van der Waals surface area contributed by atoms with Crippen LogP contribution >= 0.6 is 0 Å². The summed E-state index contributed by atoms with van der Waals surface area (Å²) in [6.45, 7) is 7.19. The topological polar surface area (TPSA) is 95.3 Å². The molecule has 0 spiro atoms. The van der Waals surface area contributed by atoms with E-state index in [-0.39, 0.29) is 23.2 Å². The smallest absolute Gasteiger partial charge is 0.452 e. The van der Waals surface area contributed by atoms with Crippen molar-refractivity contribution in [1.82, 2.24) is 14.8 Å². The average Bonchev–Trinajstić information content (AvgIpc) is 3.16. The van der Waals surface area contributed by atoms with Crippen LogP contribution < -0.4 is 10.1 Å². The van der Waals surface area contributed by atoms with Gasteiger partial charge in [-0.25, -0.2) is 14.5 Å².